The SMILES string of the molecule is Cc1c(Sc2ccc(F)c(C#N)c2)c(F)cc2[nH]ccc12. The number of nitriles is 1. The second-order valence-electron chi connectivity index (χ2n) is 4.61. The molecule has 0 spiro atoms. The van der Waals surface area contributed by atoms with Crippen LogP contribution in [0.4, 0.5) is 8.78 Å². The van der Waals surface area contributed by atoms with Crippen molar-refractivity contribution in [1.29, 1.82) is 5.26 Å². The summed E-state index contributed by atoms with van der Waals surface area (Å²) in [5.74, 6) is -0.907. The predicted molar refractivity (Wildman–Crippen MR) is 78.2 cm³/mol. The number of rotatable bonds is 2. The van der Waals surface area contributed by atoms with E-state index in [0.717, 1.165) is 16.5 Å². The number of H-pyrrole nitrogens is 1. The number of aryl methyl sites for hydroxylation is 1. The first kappa shape index (κ1) is 13.7. The summed E-state index contributed by atoms with van der Waals surface area (Å²) in [5.41, 5.74) is 1.52. The summed E-state index contributed by atoms with van der Waals surface area (Å²) in [6.45, 7) is 1.84. The van der Waals surface area contributed by atoms with Gasteiger partial charge >= 0.3 is 0 Å². The van der Waals surface area contributed by atoms with Crippen LogP contribution in [0.15, 0.2) is 46.3 Å². The van der Waals surface area contributed by atoms with Crippen LogP contribution in [-0.4, -0.2) is 4.98 Å². The minimum absolute atomic E-state index is 0.0409. The molecule has 0 saturated carbocycles. The number of hydrogen-bond donors (Lipinski definition) is 1. The summed E-state index contributed by atoms with van der Waals surface area (Å²) in [4.78, 5) is 4.09. The highest BCUT2D eigenvalue weighted by molar-refractivity contribution is 7.99. The fourth-order valence-electron chi connectivity index (χ4n) is 2.22. The third kappa shape index (κ3) is 2.39. The Morgan fingerprint density at radius 2 is 1.95 bits per heavy atom. The van der Waals surface area contributed by atoms with Gasteiger partial charge in [0.2, 0.25) is 0 Å². The van der Waals surface area contributed by atoms with Gasteiger partial charge in [-0.15, -0.1) is 0 Å². The molecule has 3 aromatic rings. The first-order valence-corrected chi connectivity index (χ1v) is 7.05. The monoisotopic (exact) mass is 300 g/mol. The van der Waals surface area contributed by atoms with E-state index in [0.29, 0.717) is 9.79 Å². The van der Waals surface area contributed by atoms with Gasteiger partial charge in [-0.2, -0.15) is 5.26 Å². The van der Waals surface area contributed by atoms with E-state index in [1.165, 1.54) is 30.0 Å². The summed E-state index contributed by atoms with van der Waals surface area (Å²) in [7, 11) is 0. The maximum atomic E-state index is 14.2. The van der Waals surface area contributed by atoms with Crippen molar-refractivity contribution in [2.45, 2.75) is 16.7 Å². The molecule has 1 heterocycles. The van der Waals surface area contributed by atoms with Gasteiger partial charge in [-0.3, -0.25) is 0 Å². The van der Waals surface area contributed by atoms with Crippen molar-refractivity contribution in [3.8, 4) is 6.07 Å². The number of nitrogens with zero attached hydrogens (tertiary/aromatic N) is 1. The minimum atomic E-state index is -0.569. The molecular formula is C16H10F2N2S. The summed E-state index contributed by atoms with van der Waals surface area (Å²) in [5, 5.41) is 9.80. The van der Waals surface area contributed by atoms with E-state index in [1.54, 1.807) is 18.3 Å². The van der Waals surface area contributed by atoms with E-state index in [1.807, 2.05) is 13.0 Å². The molecule has 21 heavy (non-hydrogen) atoms. The first-order chi connectivity index (χ1) is 10.1. The lowest BCUT2D eigenvalue weighted by atomic mass is 10.1. The Morgan fingerprint density at radius 3 is 2.71 bits per heavy atom. The highest BCUT2D eigenvalue weighted by atomic mass is 32.2. The van der Waals surface area contributed by atoms with Crippen LogP contribution in [0.5, 0.6) is 0 Å². The first-order valence-electron chi connectivity index (χ1n) is 6.24. The van der Waals surface area contributed by atoms with E-state index in [-0.39, 0.29) is 11.4 Å². The Bertz CT molecular complexity index is 878. The molecule has 0 unspecified atom stereocenters. The fourth-order valence-corrected chi connectivity index (χ4v) is 3.19. The molecule has 2 aromatic carbocycles. The summed E-state index contributed by atoms with van der Waals surface area (Å²) >= 11 is 1.19. The van der Waals surface area contributed by atoms with Crippen molar-refractivity contribution in [2.75, 3.05) is 0 Å². The molecule has 3 rings (SSSR count). The zero-order chi connectivity index (χ0) is 15.0. The molecule has 0 saturated heterocycles. The van der Waals surface area contributed by atoms with Crippen molar-refractivity contribution in [3.05, 3.63) is 59.3 Å². The quantitative estimate of drug-likeness (QED) is 0.740. The Hall–Kier alpha value is -2.32. The maximum absolute atomic E-state index is 14.2. The third-order valence-electron chi connectivity index (χ3n) is 3.29. The normalized spacial score (nSPS) is 10.8. The van der Waals surface area contributed by atoms with E-state index in [2.05, 4.69) is 4.98 Å². The number of hydrogen-bond acceptors (Lipinski definition) is 2. The van der Waals surface area contributed by atoms with Crippen LogP contribution in [-0.2, 0) is 0 Å². The molecule has 1 aromatic heterocycles. The molecule has 0 fully saturated rings. The lowest BCUT2D eigenvalue weighted by Crippen LogP contribution is -1.89. The van der Waals surface area contributed by atoms with Gasteiger partial charge in [0.05, 0.1) is 10.5 Å². The number of nitrogens with one attached hydrogen (secondary N) is 1. The average Bonchev–Trinajstić information content (AvgIpc) is 2.93. The van der Waals surface area contributed by atoms with E-state index < -0.39 is 5.82 Å². The topological polar surface area (TPSA) is 39.6 Å². The van der Waals surface area contributed by atoms with Crippen LogP contribution in [0.25, 0.3) is 10.9 Å². The van der Waals surface area contributed by atoms with E-state index in [9.17, 15) is 8.78 Å². The Labute approximate surface area is 124 Å². The molecule has 0 aliphatic rings. The largest absolute Gasteiger partial charge is 0.361 e. The number of aromatic amines is 1. The summed E-state index contributed by atoms with van der Waals surface area (Å²) in [6.07, 6.45) is 1.76. The van der Waals surface area contributed by atoms with Gasteiger partial charge in [-0.1, -0.05) is 11.8 Å². The van der Waals surface area contributed by atoms with Gasteiger partial charge in [0.15, 0.2) is 0 Å². The van der Waals surface area contributed by atoms with Crippen LogP contribution < -0.4 is 0 Å². The average molecular weight is 300 g/mol. The van der Waals surface area contributed by atoms with Gasteiger partial charge in [-0.05, 0) is 42.8 Å². The molecule has 0 aliphatic carbocycles. The second kappa shape index (κ2) is 5.23. The van der Waals surface area contributed by atoms with Gasteiger partial charge in [0.1, 0.15) is 17.7 Å². The standard InChI is InChI=1S/C16H10F2N2S/c1-9-12-4-5-20-15(12)7-14(18)16(9)21-11-2-3-13(17)10(6-11)8-19/h2-7,20H,1H3. The van der Waals surface area contributed by atoms with Gasteiger partial charge in [0, 0.05) is 22.0 Å². The smallest absolute Gasteiger partial charge is 0.141 e. The number of fused-ring (bicyclic) bond motifs is 1. The van der Waals surface area contributed by atoms with Crippen LogP contribution in [0.2, 0.25) is 0 Å². The maximum Gasteiger partial charge on any atom is 0.141 e. The van der Waals surface area contributed by atoms with Gasteiger partial charge in [0.25, 0.3) is 0 Å². The molecule has 0 radical (unpaired) electrons. The molecular weight excluding hydrogens is 290 g/mol. The summed E-state index contributed by atoms with van der Waals surface area (Å²) < 4.78 is 27.5. The number of benzene rings is 2. The molecule has 0 atom stereocenters. The molecule has 1 N–H and O–H groups in total. The van der Waals surface area contributed by atoms with Crippen LogP contribution in [0, 0.1) is 29.9 Å². The third-order valence-corrected chi connectivity index (χ3v) is 4.48. The van der Waals surface area contributed by atoms with E-state index >= 15 is 0 Å². The van der Waals surface area contributed by atoms with Gasteiger partial charge < -0.3 is 4.98 Å². The lowest BCUT2D eigenvalue weighted by Gasteiger charge is -2.09. The molecule has 2 nitrogen and oxygen atoms in total. The zero-order valence-corrected chi connectivity index (χ0v) is 11.9. The van der Waals surface area contributed by atoms with Crippen LogP contribution in [0.1, 0.15) is 11.1 Å². The van der Waals surface area contributed by atoms with Crippen molar-refractivity contribution in [2.24, 2.45) is 0 Å². The predicted octanol–water partition coefficient (Wildman–Crippen LogP) is 4.78. The van der Waals surface area contributed by atoms with Crippen LogP contribution in [0.3, 0.4) is 0 Å². The second-order valence-corrected chi connectivity index (χ2v) is 5.69. The molecule has 5 heteroatoms. The Balaban J connectivity index is 2.08. The zero-order valence-electron chi connectivity index (χ0n) is 11.1. The van der Waals surface area contributed by atoms with Crippen molar-refractivity contribution < 1.29 is 8.78 Å². The fraction of sp³-hybridized carbons (Fsp3) is 0.0625. The number of halogens is 2. The lowest BCUT2D eigenvalue weighted by molar-refractivity contribution is 0.601. The number of aromatic nitrogens is 1. The Morgan fingerprint density at radius 1 is 1.14 bits per heavy atom. The minimum Gasteiger partial charge on any atom is -0.361 e. The van der Waals surface area contributed by atoms with Crippen molar-refractivity contribution in [1.82, 2.24) is 4.98 Å². The van der Waals surface area contributed by atoms with Crippen molar-refractivity contribution in [3.63, 3.8) is 0 Å². The molecule has 0 bridgehead atoms. The van der Waals surface area contributed by atoms with E-state index in [4.69, 9.17) is 5.26 Å². The highest BCUT2D eigenvalue weighted by Crippen LogP contribution is 2.36. The Kier molecular flexibility index (Phi) is 3.40. The van der Waals surface area contributed by atoms with Crippen LogP contribution >= 0.6 is 11.8 Å². The molecule has 104 valence electrons. The molecule has 0 amide bonds. The highest BCUT2D eigenvalue weighted by Gasteiger charge is 2.13. The van der Waals surface area contributed by atoms with Crippen molar-refractivity contribution >= 4 is 22.7 Å². The van der Waals surface area contributed by atoms with Gasteiger partial charge in [-0.25, -0.2) is 8.78 Å². The summed E-state index contributed by atoms with van der Waals surface area (Å²) in [6, 6.07) is 9.32. The molecule has 0 aliphatic heterocycles.